The number of nitrogens with two attached hydrogens (primary N) is 1. The van der Waals surface area contributed by atoms with Gasteiger partial charge in [-0.05, 0) is 42.6 Å². The Morgan fingerprint density at radius 3 is 2.59 bits per heavy atom. The van der Waals surface area contributed by atoms with Gasteiger partial charge in [0.1, 0.15) is 0 Å². The number of halogens is 1. The monoisotopic (exact) mass is 340 g/mol. The molecule has 22 heavy (non-hydrogen) atoms. The minimum Gasteiger partial charge on any atom is -0.341 e. The number of rotatable bonds is 6. The summed E-state index contributed by atoms with van der Waals surface area (Å²) in [7, 11) is 0. The maximum absolute atomic E-state index is 12.1. The highest BCUT2D eigenvalue weighted by atomic mass is 35.5. The van der Waals surface area contributed by atoms with E-state index in [1.807, 2.05) is 4.90 Å². The van der Waals surface area contributed by atoms with Crippen molar-refractivity contribution in [3.8, 4) is 0 Å². The minimum atomic E-state index is 0.0164. The van der Waals surface area contributed by atoms with Crippen molar-refractivity contribution >= 4 is 35.1 Å². The van der Waals surface area contributed by atoms with E-state index in [9.17, 15) is 9.59 Å². The van der Waals surface area contributed by atoms with Gasteiger partial charge in [-0.3, -0.25) is 9.59 Å². The molecular formula is C16H21ClN2O2S. The molecule has 1 aliphatic rings. The first kappa shape index (κ1) is 17.3. The van der Waals surface area contributed by atoms with Crippen LogP contribution in [0, 0.1) is 5.41 Å². The lowest BCUT2D eigenvalue weighted by atomic mass is 9.90. The van der Waals surface area contributed by atoms with Crippen molar-refractivity contribution in [2.24, 2.45) is 11.1 Å². The maximum Gasteiger partial charge on any atom is 0.232 e. The van der Waals surface area contributed by atoms with E-state index in [2.05, 4.69) is 6.92 Å². The van der Waals surface area contributed by atoms with E-state index in [0.717, 1.165) is 13.0 Å². The fraction of sp³-hybridized carbons (Fsp3) is 0.500. The predicted molar refractivity (Wildman–Crippen MR) is 91.5 cm³/mol. The molecular weight excluding hydrogens is 320 g/mol. The summed E-state index contributed by atoms with van der Waals surface area (Å²) in [6, 6.07) is 6.81. The standard InChI is InChI=1S/C16H21ClN2O2S/c1-16(10-18)6-7-19(11-16)15(21)9-22-8-14(20)12-2-4-13(17)5-3-12/h2-5H,6-11,18H2,1H3. The molecule has 1 unspecified atom stereocenters. The maximum atomic E-state index is 12.1. The largest absolute Gasteiger partial charge is 0.341 e. The Balaban J connectivity index is 1.75. The lowest BCUT2D eigenvalue weighted by Gasteiger charge is -2.22. The Morgan fingerprint density at radius 2 is 2.00 bits per heavy atom. The van der Waals surface area contributed by atoms with Crippen molar-refractivity contribution in [1.29, 1.82) is 0 Å². The highest BCUT2D eigenvalue weighted by molar-refractivity contribution is 8.00. The molecule has 0 spiro atoms. The zero-order valence-electron chi connectivity index (χ0n) is 12.7. The third-order valence-corrected chi connectivity index (χ3v) is 5.20. The molecule has 2 N–H and O–H groups in total. The van der Waals surface area contributed by atoms with Crippen molar-refractivity contribution < 1.29 is 9.59 Å². The molecule has 1 aromatic rings. The summed E-state index contributed by atoms with van der Waals surface area (Å²) in [6.07, 6.45) is 0.948. The topological polar surface area (TPSA) is 63.4 Å². The molecule has 1 fully saturated rings. The summed E-state index contributed by atoms with van der Waals surface area (Å²) in [5, 5.41) is 0.608. The number of ketones is 1. The quantitative estimate of drug-likeness (QED) is 0.808. The third-order valence-electron chi connectivity index (χ3n) is 4.03. The molecule has 4 nitrogen and oxygen atoms in total. The normalized spacial score (nSPS) is 21.1. The van der Waals surface area contributed by atoms with Gasteiger partial charge in [-0.1, -0.05) is 18.5 Å². The van der Waals surface area contributed by atoms with Gasteiger partial charge in [-0.2, -0.15) is 0 Å². The molecule has 0 saturated carbocycles. The number of Topliss-reactive ketones (excluding diaryl/α,β-unsaturated/α-hetero) is 1. The van der Waals surface area contributed by atoms with Crippen LogP contribution in [0.1, 0.15) is 23.7 Å². The number of thioether (sulfide) groups is 1. The molecule has 6 heteroatoms. The SMILES string of the molecule is CC1(CN)CCN(C(=O)CSCC(=O)c2ccc(Cl)cc2)C1. The van der Waals surface area contributed by atoms with E-state index in [4.69, 9.17) is 17.3 Å². The van der Waals surface area contributed by atoms with Crippen LogP contribution in [0.5, 0.6) is 0 Å². The predicted octanol–water partition coefficient (Wildman–Crippen LogP) is 2.45. The lowest BCUT2D eigenvalue weighted by Crippen LogP contribution is -2.35. The fourth-order valence-electron chi connectivity index (χ4n) is 2.44. The Labute approximate surface area is 140 Å². The van der Waals surface area contributed by atoms with E-state index < -0.39 is 0 Å². The van der Waals surface area contributed by atoms with E-state index in [0.29, 0.717) is 35.2 Å². The molecule has 0 radical (unpaired) electrons. The second-order valence-electron chi connectivity index (χ2n) is 6.00. The number of hydrogen-bond donors (Lipinski definition) is 1. The number of nitrogens with zero attached hydrogens (tertiary/aromatic N) is 1. The van der Waals surface area contributed by atoms with Gasteiger partial charge in [0.05, 0.1) is 11.5 Å². The Bertz CT molecular complexity index is 550. The smallest absolute Gasteiger partial charge is 0.232 e. The van der Waals surface area contributed by atoms with Crippen molar-refractivity contribution in [3.63, 3.8) is 0 Å². The highest BCUT2D eigenvalue weighted by Gasteiger charge is 2.34. The van der Waals surface area contributed by atoms with Crippen LogP contribution in [-0.2, 0) is 4.79 Å². The first-order chi connectivity index (χ1) is 10.4. The van der Waals surface area contributed by atoms with Crippen molar-refractivity contribution in [3.05, 3.63) is 34.9 Å². The first-order valence-electron chi connectivity index (χ1n) is 7.28. The van der Waals surface area contributed by atoms with Gasteiger partial charge < -0.3 is 10.6 Å². The summed E-state index contributed by atoms with van der Waals surface area (Å²) >= 11 is 7.15. The van der Waals surface area contributed by atoms with Gasteiger partial charge in [-0.15, -0.1) is 11.8 Å². The van der Waals surface area contributed by atoms with E-state index >= 15 is 0 Å². The number of benzene rings is 1. The molecule has 1 heterocycles. The van der Waals surface area contributed by atoms with Crippen molar-refractivity contribution in [2.45, 2.75) is 13.3 Å². The number of hydrogen-bond acceptors (Lipinski definition) is 4. The molecule has 120 valence electrons. The molecule has 1 atom stereocenters. The van der Waals surface area contributed by atoms with Crippen LogP contribution < -0.4 is 5.73 Å². The molecule has 0 aliphatic carbocycles. The van der Waals surface area contributed by atoms with Gasteiger partial charge in [-0.25, -0.2) is 0 Å². The second-order valence-corrected chi connectivity index (χ2v) is 7.42. The number of carbonyl (C=O) groups excluding carboxylic acids is 2. The van der Waals surface area contributed by atoms with Crippen LogP contribution in [0.15, 0.2) is 24.3 Å². The van der Waals surface area contributed by atoms with Crippen LogP contribution in [0.3, 0.4) is 0 Å². The number of carbonyl (C=O) groups is 2. The molecule has 2 rings (SSSR count). The lowest BCUT2D eigenvalue weighted by molar-refractivity contribution is -0.127. The van der Waals surface area contributed by atoms with E-state index in [1.54, 1.807) is 24.3 Å². The van der Waals surface area contributed by atoms with E-state index in [1.165, 1.54) is 11.8 Å². The highest BCUT2D eigenvalue weighted by Crippen LogP contribution is 2.28. The van der Waals surface area contributed by atoms with Crippen LogP contribution in [0.25, 0.3) is 0 Å². The van der Waals surface area contributed by atoms with E-state index in [-0.39, 0.29) is 17.1 Å². The van der Waals surface area contributed by atoms with Gasteiger partial charge in [0, 0.05) is 23.7 Å². The average Bonchev–Trinajstić information content (AvgIpc) is 2.91. The van der Waals surface area contributed by atoms with Gasteiger partial charge in [0.15, 0.2) is 5.78 Å². The number of amides is 1. The third kappa shape index (κ3) is 4.48. The Hall–Kier alpha value is -1.04. The van der Waals surface area contributed by atoms with Crippen molar-refractivity contribution in [1.82, 2.24) is 4.90 Å². The molecule has 1 amide bonds. The Kier molecular flexibility index (Phi) is 5.89. The molecule has 1 saturated heterocycles. The van der Waals surface area contributed by atoms with Crippen LogP contribution in [0.2, 0.25) is 5.02 Å². The summed E-state index contributed by atoms with van der Waals surface area (Å²) in [6.45, 7) is 4.18. The average molecular weight is 341 g/mol. The molecule has 0 aromatic heterocycles. The number of likely N-dealkylation sites (tertiary alicyclic amines) is 1. The summed E-state index contributed by atoms with van der Waals surface area (Å²) in [5.74, 6) is 0.740. The molecule has 1 aromatic carbocycles. The Morgan fingerprint density at radius 1 is 1.32 bits per heavy atom. The fourth-order valence-corrected chi connectivity index (χ4v) is 3.38. The van der Waals surface area contributed by atoms with Crippen LogP contribution in [0.4, 0.5) is 0 Å². The first-order valence-corrected chi connectivity index (χ1v) is 8.81. The van der Waals surface area contributed by atoms with Crippen LogP contribution >= 0.6 is 23.4 Å². The van der Waals surface area contributed by atoms with Gasteiger partial charge in [0.25, 0.3) is 0 Å². The van der Waals surface area contributed by atoms with Gasteiger partial charge >= 0.3 is 0 Å². The zero-order valence-corrected chi connectivity index (χ0v) is 14.3. The summed E-state index contributed by atoms with van der Waals surface area (Å²) in [5.41, 5.74) is 6.42. The van der Waals surface area contributed by atoms with Gasteiger partial charge in [0.2, 0.25) is 5.91 Å². The molecule has 0 bridgehead atoms. The second kappa shape index (κ2) is 7.49. The van der Waals surface area contributed by atoms with Crippen molar-refractivity contribution in [2.75, 3.05) is 31.1 Å². The van der Waals surface area contributed by atoms with Crippen LogP contribution in [-0.4, -0.2) is 47.7 Å². The zero-order chi connectivity index (χ0) is 16.2. The molecule has 1 aliphatic heterocycles. The summed E-state index contributed by atoms with van der Waals surface area (Å²) in [4.78, 5) is 26.0. The minimum absolute atomic E-state index is 0.0164. The summed E-state index contributed by atoms with van der Waals surface area (Å²) < 4.78 is 0.